The zero-order valence-electron chi connectivity index (χ0n) is 13.0. The fourth-order valence-electron chi connectivity index (χ4n) is 2.12. The molecule has 0 unspecified atom stereocenters. The summed E-state index contributed by atoms with van der Waals surface area (Å²) >= 11 is 0. The molecule has 130 valence electrons. The quantitative estimate of drug-likeness (QED) is 0.640. The van der Waals surface area contributed by atoms with E-state index in [1.165, 1.54) is 25.1 Å². The highest BCUT2D eigenvalue weighted by Gasteiger charge is 2.22. The van der Waals surface area contributed by atoms with Crippen molar-refractivity contribution >= 4 is 23.2 Å². The molecule has 25 heavy (non-hydrogen) atoms. The minimum Gasteiger partial charge on any atom is -0.343 e. The molecule has 0 aliphatic rings. The first-order valence-corrected chi connectivity index (χ1v) is 7.06. The number of halogens is 2. The molecular formula is C16H13F2N3O4. The maximum atomic E-state index is 13.1. The van der Waals surface area contributed by atoms with Gasteiger partial charge in [0.05, 0.1) is 11.5 Å². The number of benzene rings is 2. The summed E-state index contributed by atoms with van der Waals surface area (Å²) in [5.41, 5.74) is -0.199. The van der Waals surface area contributed by atoms with E-state index in [-0.39, 0.29) is 16.9 Å². The molecule has 0 aromatic heterocycles. The SMILES string of the molecule is Cc1cccc(C(=O)NCC(=O)Nc2ccc(F)c(F)c2)c1[N+](=O)[O-]. The van der Waals surface area contributed by atoms with E-state index in [0.717, 1.165) is 18.2 Å². The van der Waals surface area contributed by atoms with Gasteiger partial charge in [-0.25, -0.2) is 8.78 Å². The minimum atomic E-state index is -1.13. The molecular weight excluding hydrogens is 336 g/mol. The molecule has 0 saturated carbocycles. The Labute approximate surface area is 140 Å². The number of amides is 2. The summed E-state index contributed by atoms with van der Waals surface area (Å²) in [6, 6.07) is 7.04. The Kier molecular flexibility index (Phi) is 5.38. The third kappa shape index (κ3) is 4.34. The molecule has 0 atom stereocenters. The number of nitrogens with zero attached hydrogens (tertiary/aromatic N) is 1. The summed E-state index contributed by atoms with van der Waals surface area (Å²) in [6.45, 7) is 0.994. The van der Waals surface area contributed by atoms with Crippen LogP contribution in [-0.4, -0.2) is 23.3 Å². The van der Waals surface area contributed by atoms with Crippen molar-refractivity contribution < 1.29 is 23.3 Å². The van der Waals surface area contributed by atoms with Crippen molar-refractivity contribution in [2.75, 3.05) is 11.9 Å². The molecule has 0 radical (unpaired) electrons. The molecule has 0 aliphatic carbocycles. The second kappa shape index (κ2) is 7.47. The molecule has 0 saturated heterocycles. The number of hydrogen-bond acceptors (Lipinski definition) is 4. The molecule has 0 fully saturated rings. The largest absolute Gasteiger partial charge is 0.343 e. The highest BCUT2D eigenvalue weighted by molar-refractivity contribution is 6.01. The van der Waals surface area contributed by atoms with E-state index < -0.39 is 34.9 Å². The van der Waals surface area contributed by atoms with Crippen LogP contribution in [0, 0.1) is 28.7 Å². The van der Waals surface area contributed by atoms with Gasteiger partial charge < -0.3 is 10.6 Å². The average molecular weight is 349 g/mol. The van der Waals surface area contributed by atoms with Crippen LogP contribution in [0.5, 0.6) is 0 Å². The number of nitro benzene ring substituents is 1. The number of nitro groups is 1. The van der Waals surface area contributed by atoms with E-state index in [2.05, 4.69) is 10.6 Å². The van der Waals surface area contributed by atoms with Gasteiger partial charge in [-0.05, 0) is 25.1 Å². The first kappa shape index (κ1) is 18.0. The van der Waals surface area contributed by atoms with Gasteiger partial charge >= 0.3 is 0 Å². The lowest BCUT2D eigenvalue weighted by Gasteiger charge is -2.08. The van der Waals surface area contributed by atoms with Gasteiger partial charge in [-0.1, -0.05) is 12.1 Å². The Bertz CT molecular complexity index is 855. The lowest BCUT2D eigenvalue weighted by atomic mass is 10.1. The van der Waals surface area contributed by atoms with Gasteiger partial charge in [0.1, 0.15) is 5.56 Å². The molecule has 0 bridgehead atoms. The molecule has 2 amide bonds. The van der Waals surface area contributed by atoms with Crippen LogP contribution in [0.3, 0.4) is 0 Å². The van der Waals surface area contributed by atoms with Crippen molar-refractivity contribution in [2.24, 2.45) is 0 Å². The van der Waals surface area contributed by atoms with E-state index in [0.29, 0.717) is 5.56 Å². The van der Waals surface area contributed by atoms with Gasteiger partial charge in [0.15, 0.2) is 11.6 Å². The molecule has 0 heterocycles. The van der Waals surface area contributed by atoms with Crippen LogP contribution in [0.15, 0.2) is 36.4 Å². The zero-order valence-corrected chi connectivity index (χ0v) is 13.0. The number of aryl methyl sites for hydroxylation is 1. The van der Waals surface area contributed by atoms with Crippen LogP contribution in [0.1, 0.15) is 15.9 Å². The summed E-state index contributed by atoms with van der Waals surface area (Å²) in [5.74, 6) is -3.68. The van der Waals surface area contributed by atoms with Crippen LogP contribution >= 0.6 is 0 Å². The minimum absolute atomic E-state index is 0.0136. The van der Waals surface area contributed by atoms with Gasteiger partial charge in [0.2, 0.25) is 5.91 Å². The molecule has 7 nitrogen and oxygen atoms in total. The molecule has 2 N–H and O–H groups in total. The topological polar surface area (TPSA) is 101 Å². The molecule has 9 heteroatoms. The van der Waals surface area contributed by atoms with E-state index in [4.69, 9.17) is 0 Å². The van der Waals surface area contributed by atoms with Crippen molar-refractivity contribution in [3.8, 4) is 0 Å². The van der Waals surface area contributed by atoms with Gasteiger partial charge in [-0.3, -0.25) is 19.7 Å². The lowest BCUT2D eigenvalue weighted by Crippen LogP contribution is -2.33. The van der Waals surface area contributed by atoms with Crippen LogP contribution in [0.2, 0.25) is 0 Å². The van der Waals surface area contributed by atoms with Crippen molar-refractivity contribution in [1.29, 1.82) is 0 Å². The standard InChI is InChI=1S/C16H13F2N3O4/c1-9-3-2-4-11(15(9)21(24)25)16(23)19-8-14(22)20-10-5-6-12(17)13(18)7-10/h2-7H,8H2,1H3,(H,19,23)(H,20,22). The number of hydrogen-bond donors (Lipinski definition) is 2. The summed E-state index contributed by atoms with van der Waals surface area (Å²) < 4.78 is 25.9. The summed E-state index contributed by atoms with van der Waals surface area (Å²) in [5, 5.41) is 15.6. The summed E-state index contributed by atoms with van der Waals surface area (Å²) in [4.78, 5) is 34.2. The maximum absolute atomic E-state index is 13.1. The highest BCUT2D eigenvalue weighted by Crippen LogP contribution is 2.22. The monoisotopic (exact) mass is 349 g/mol. The van der Waals surface area contributed by atoms with E-state index in [1.54, 1.807) is 0 Å². The Morgan fingerprint density at radius 3 is 2.52 bits per heavy atom. The van der Waals surface area contributed by atoms with Crippen molar-refractivity contribution in [3.63, 3.8) is 0 Å². The second-order valence-corrected chi connectivity index (χ2v) is 5.09. The molecule has 0 aliphatic heterocycles. The lowest BCUT2D eigenvalue weighted by molar-refractivity contribution is -0.385. The van der Waals surface area contributed by atoms with Gasteiger partial charge in [-0.2, -0.15) is 0 Å². The Morgan fingerprint density at radius 1 is 1.16 bits per heavy atom. The van der Waals surface area contributed by atoms with Gasteiger partial charge in [0.25, 0.3) is 11.6 Å². The summed E-state index contributed by atoms with van der Waals surface area (Å²) in [7, 11) is 0. The second-order valence-electron chi connectivity index (χ2n) is 5.09. The number of carbonyl (C=O) groups is 2. The van der Waals surface area contributed by atoms with E-state index in [9.17, 15) is 28.5 Å². The molecule has 2 rings (SSSR count). The molecule has 0 spiro atoms. The highest BCUT2D eigenvalue weighted by atomic mass is 19.2. The van der Waals surface area contributed by atoms with Crippen LogP contribution in [0.4, 0.5) is 20.2 Å². The van der Waals surface area contributed by atoms with Crippen molar-refractivity contribution in [1.82, 2.24) is 5.32 Å². The fraction of sp³-hybridized carbons (Fsp3) is 0.125. The zero-order chi connectivity index (χ0) is 18.6. The van der Waals surface area contributed by atoms with Crippen LogP contribution in [-0.2, 0) is 4.79 Å². The predicted molar refractivity (Wildman–Crippen MR) is 85.2 cm³/mol. The van der Waals surface area contributed by atoms with E-state index in [1.807, 2.05) is 0 Å². The van der Waals surface area contributed by atoms with Crippen LogP contribution < -0.4 is 10.6 Å². The average Bonchev–Trinajstić information content (AvgIpc) is 2.55. The first-order valence-electron chi connectivity index (χ1n) is 7.06. The molecule has 2 aromatic rings. The Morgan fingerprint density at radius 2 is 1.88 bits per heavy atom. The number of carbonyl (C=O) groups excluding carboxylic acids is 2. The number of rotatable bonds is 5. The third-order valence-electron chi connectivity index (χ3n) is 3.28. The van der Waals surface area contributed by atoms with Crippen molar-refractivity contribution in [3.05, 3.63) is 69.3 Å². The van der Waals surface area contributed by atoms with Gasteiger partial charge in [0, 0.05) is 17.3 Å². The van der Waals surface area contributed by atoms with E-state index >= 15 is 0 Å². The summed E-state index contributed by atoms with van der Waals surface area (Å²) in [6.07, 6.45) is 0. The fourth-order valence-corrected chi connectivity index (χ4v) is 2.12. The first-order chi connectivity index (χ1) is 11.8. The normalized spacial score (nSPS) is 10.2. The van der Waals surface area contributed by atoms with Crippen molar-refractivity contribution in [2.45, 2.75) is 6.92 Å². The number of anilines is 1. The maximum Gasteiger partial charge on any atom is 0.285 e. The van der Waals surface area contributed by atoms with Crippen LogP contribution in [0.25, 0.3) is 0 Å². The Balaban J connectivity index is 2.02. The smallest absolute Gasteiger partial charge is 0.285 e. The third-order valence-corrected chi connectivity index (χ3v) is 3.28. The van der Waals surface area contributed by atoms with Gasteiger partial charge in [-0.15, -0.1) is 0 Å². The Hall–Kier alpha value is -3.36. The number of para-hydroxylation sites is 1. The predicted octanol–water partition coefficient (Wildman–Crippen LogP) is 2.55. The molecule has 2 aromatic carbocycles. The number of nitrogens with one attached hydrogen (secondary N) is 2.